The molecular weight excluding hydrogens is 406 g/mol. The van der Waals surface area contributed by atoms with Crippen LogP contribution in [0, 0.1) is 0 Å². The van der Waals surface area contributed by atoms with Gasteiger partial charge in [0.15, 0.2) is 0 Å². The molecule has 106 valence electrons. The van der Waals surface area contributed by atoms with Gasteiger partial charge in [0, 0.05) is 15.0 Å². The molecule has 0 aliphatic carbocycles. The standard InChI is InChI=1S/C14H13Br2NO2S/c1-10(11-5-3-2-4-6-11)17-20(18,19)14-9-12(15)7-8-13(14)16/h2-10,17H,1H3. The molecule has 20 heavy (non-hydrogen) atoms. The van der Waals surface area contributed by atoms with Crippen molar-refractivity contribution in [3.63, 3.8) is 0 Å². The maximum Gasteiger partial charge on any atom is 0.242 e. The minimum Gasteiger partial charge on any atom is -0.207 e. The van der Waals surface area contributed by atoms with Crippen LogP contribution in [0.15, 0.2) is 62.4 Å². The van der Waals surface area contributed by atoms with Gasteiger partial charge in [0.2, 0.25) is 10.0 Å². The summed E-state index contributed by atoms with van der Waals surface area (Å²) in [6.07, 6.45) is 0. The summed E-state index contributed by atoms with van der Waals surface area (Å²) in [6, 6.07) is 14.2. The predicted molar refractivity (Wildman–Crippen MR) is 87.0 cm³/mol. The van der Waals surface area contributed by atoms with E-state index in [0.29, 0.717) is 8.95 Å². The van der Waals surface area contributed by atoms with E-state index in [9.17, 15) is 8.42 Å². The number of hydrogen-bond acceptors (Lipinski definition) is 2. The fraction of sp³-hybridized carbons (Fsp3) is 0.143. The molecule has 0 fully saturated rings. The summed E-state index contributed by atoms with van der Waals surface area (Å²) in [5.41, 5.74) is 0.919. The van der Waals surface area contributed by atoms with Crippen LogP contribution >= 0.6 is 31.9 Å². The van der Waals surface area contributed by atoms with Gasteiger partial charge >= 0.3 is 0 Å². The van der Waals surface area contributed by atoms with Crippen LogP contribution in [0.4, 0.5) is 0 Å². The van der Waals surface area contributed by atoms with Crippen molar-refractivity contribution in [3.05, 3.63) is 63.0 Å². The minimum atomic E-state index is -3.59. The van der Waals surface area contributed by atoms with Gasteiger partial charge in [-0.1, -0.05) is 46.3 Å². The van der Waals surface area contributed by atoms with E-state index < -0.39 is 10.0 Å². The molecule has 1 N–H and O–H groups in total. The Labute approximate surface area is 135 Å². The second-order valence-corrected chi connectivity index (χ2v) is 7.78. The lowest BCUT2D eigenvalue weighted by atomic mass is 10.1. The molecule has 3 nitrogen and oxygen atoms in total. The molecule has 0 aromatic heterocycles. The van der Waals surface area contributed by atoms with E-state index in [1.54, 1.807) is 18.2 Å². The Balaban J connectivity index is 2.30. The Hall–Kier alpha value is -0.690. The third-order valence-electron chi connectivity index (χ3n) is 2.81. The van der Waals surface area contributed by atoms with Crippen LogP contribution in [0.1, 0.15) is 18.5 Å². The van der Waals surface area contributed by atoms with Crippen molar-refractivity contribution in [1.82, 2.24) is 4.72 Å². The van der Waals surface area contributed by atoms with Gasteiger partial charge in [0.1, 0.15) is 0 Å². The molecule has 2 aromatic carbocycles. The largest absolute Gasteiger partial charge is 0.242 e. The molecule has 0 saturated heterocycles. The molecule has 1 unspecified atom stereocenters. The second kappa shape index (κ2) is 6.39. The van der Waals surface area contributed by atoms with Crippen LogP contribution in [0.5, 0.6) is 0 Å². The van der Waals surface area contributed by atoms with Gasteiger partial charge in [0.25, 0.3) is 0 Å². The van der Waals surface area contributed by atoms with E-state index in [4.69, 9.17) is 0 Å². The van der Waals surface area contributed by atoms with Crippen molar-refractivity contribution in [2.45, 2.75) is 17.9 Å². The molecule has 0 radical (unpaired) electrons. The molecule has 0 amide bonds. The van der Waals surface area contributed by atoms with Gasteiger partial charge in [-0.05, 0) is 46.6 Å². The van der Waals surface area contributed by atoms with Crippen LogP contribution in [0.25, 0.3) is 0 Å². The maximum absolute atomic E-state index is 12.4. The maximum atomic E-state index is 12.4. The molecule has 1 atom stereocenters. The zero-order valence-electron chi connectivity index (χ0n) is 10.7. The molecule has 0 aliphatic heterocycles. The summed E-state index contributed by atoms with van der Waals surface area (Å²) in [6.45, 7) is 1.82. The highest BCUT2D eigenvalue weighted by Crippen LogP contribution is 2.27. The number of hydrogen-bond donors (Lipinski definition) is 1. The van der Waals surface area contributed by atoms with Crippen molar-refractivity contribution in [1.29, 1.82) is 0 Å². The summed E-state index contributed by atoms with van der Waals surface area (Å²) in [5, 5.41) is 0. The van der Waals surface area contributed by atoms with Gasteiger partial charge in [0.05, 0.1) is 4.90 Å². The zero-order chi connectivity index (χ0) is 14.8. The Morgan fingerprint density at radius 2 is 1.70 bits per heavy atom. The first kappa shape index (κ1) is 15.7. The molecule has 0 spiro atoms. The lowest BCUT2D eigenvalue weighted by Crippen LogP contribution is -2.27. The topological polar surface area (TPSA) is 46.2 Å². The lowest BCUT2D eigenvalue weighted by Gasteiger charge is -2.15. The first-order valence-corrected chi connectivity index (χ1v) is 8.99. The SMILES string of the molecule is CC(NS(=O)(=O)c1cc(Br)ccc1Br)c1ccccc1. The third-order valence-corrected chi connectivity index (χ3v) is 5.84. The van der Waals surface area contributed by atoms with Crippen molar-refractivity contribution < 1.29 is 8.42 Å². The van der Waals surface area contributed by atoms with Crippen molar-refractivity contribution in [2.75, 3.05) is 0 Å². The van der Waals surface area contributed by atoms with E-state index in [0.717, 1.165) is 5.56 Å². The van der Waals surface area contributed by atoms with E-state index >= 15 is 0 Å². The van der Waals surface area contributed by atoms with E-state index in [1.165, 1.54) is 0 Å². The van der Waals surface area contributed by atoms with E-state index in [1.807, 2.05) is 37.3 Å². The highest BCUT2D eigenvalue weighted by Gasteiger charge is 2.21. The minimum absolute atomic E-state index is 0.217. The highest BCUT2D eigenvalue weighted by atomic mass is 79.9. The smallest absolute Gasteiger partial charge is 0.207 e. The Kier molecular flexibility index (Phi) is 5.01. The number of halogens is 2. The summed E-state index contributed by atoms with van der Waals surface area (Å²) in [4.78, 5) is 0.217. The summed E-state index contributed by atoms with van der Waals surface area (Å²) < 4.78 is 28.8. The number of benzene rings is 2. The number of sulfonamides is 1. The van der Waals surface area contributed by atoms with Crippen LogP contribution in [0.3, 0.4) is 0 Å². The van der Waals surface area contributed by atoms with Gasteiger partial charge in [-0.2, -0.15) is 0 Å². The van der Waals surface area contributed by atoms with Crippen LogP contribution in [0.2, 0.25) is 0 Å². The van der Waals surface area contributed by atoms with Gasteiger partial charge < -0.3 is 0 Å². The average molecular weight is 419 g/mol. The normalized spacial score (nSPS) is 13.2. The van der Waals surface area contributed by atoms with Crippen LogP contribution < -0.4 is 4.72 Å². The zero-order valence-corrected chi connectivity index (χ0v) is 14.7. The molecule has 2 rings (SSSR count). The highest BCUT2D eigenvalue weighted by molar-refractivity contribution is 9.11. The van der Waals surface area contributed by atoms with E-state index in [2.05, 4.69) is 36.6 Å². The van der Waals surface area contributed by atoms with Crippen LogP contribution in [-0.2, 0) is 10.0 Å². The third kappa shape index (κ3) is 3.69. The van der Waals surface area contributed by atoms with Gasteiger partial charge in [-0.25, -0.2) is 13.1 Å². The monoisotopic (exact) mass is 417 g/mol. The predicted octanol–water partition coefficient (Wildman–Crippen LogP) is 4.25. The quantitative estimate of drug-likeness (QED) is 0.806. The fourth-order valence-electron chi connectivity index (χ4n) is 1.79. The Morgan fingerprint density at radius 1 is 1.05 bits per heavy atom. The fourth-order valence-corrected chi connectivity index (χ4v) is 4.52. The molecule has 6 heteroatoms. The van der Waals surface area contributed by atoms with Crippen molar-refractivity contribution >= 4 is 41.9 Å². The number of nitrogens with one attached hydrogen (secondary N) is 1. The number of rotatable bonds is 4. The molecule has 0 saturated carbocycles. The second-order valence-electron chi connectivity index (χ2n) is 4.33. The Morgan fingerprint density at radius 3 is 2.35 bits per heavy atom. The molecule has 0 heterocycles. The van der Waals surface area contributed by atoms with Crippen molar-refractivity contribution in [2.24, 2.45) is 0 Å². The average Bonchev–Trinajstić information content (AvgIpc) is 2.42. The molecule has 0 bridgehead atoms. The molecular formula is C14H13Br2NO2S. The van der Waals surface area contributed by atoms with Gasteiger partial charge in [-0.15, -0.1) is 0 Å². The van der Waals surface area contributed by atoms with Crippen LogP contribution in [-0.4, -0.2) is 8.42 Å². The molecule has 0 aliphatic rings. The lowest BCUT2D eigenvalue weighted by molar-refractivity contribution is 0.566. The van der Waals surface area contributed by atoms with Crippen molar-refractivity contribution in [3.8, 4) is 0 Å². The summed E-state index contributed by atoms with van der Waals surface area (Å²) in [5.74, 6) is 0. The summed E-state index contributed by atoms with van der Waals surface area (Å²) >= 11 is 6.56. The van der Waals surface area contributed by atoms with Gasteiger partial charge in [-0.3, -0.25) is 0 Å². The first-order chi connectivity index (χ1) is 9.40. The summed E-state index contributed by atoms with van der Waals surface area (Å²) in [7, 11) is -3.59. The Bertz CT molecular complexity index is 702. The molecule has 2 aromatic rings. The first-order valence-electron chi connectivity index (χ1n) is 5.92. The van der Waals surface area contributed by atoms with E-state index in [-0.39, 0.29) is 10.9 Å².